The summed E-state index contributed by atoms with van der Waals surface area (Å²) in [4.78, 5) is 0. The van der Waals surface area contributed by atoms with Crippen LogP contribution in [0.3, 0.4) is 0 Å². The van der Waals surface area contributed by atoms with Gasteiger partial charge in [-0.3, -0.25) is 0 Å². The van der Waals surface area contributed by atoms with Crippen LogP contribution in [0, 0.1) is 23.0 Å². The van der Waals surface area contributed by atoms with E-state index in [2.05, 4.69) is 5.32 Å². The molecule has 21 heavy (non-hydrogen) atoms. The molecule has 0 saturated heterocycles. The number of rotatable bonds is 4. The Hall–Kier alpha value is -2.61. The average molecular weight is 288 g/mol. The fourth-order valence-corrected chi connectivity index (χ4v) is 2.18. The first-order valence-corrected chi connectivity index (χ1v) is 6.36. The zero-order valence-corrected chi connectivity index (χ0v) is 11.7. The number of benzene rings is 2. The molecular formula is C16H14F2N2O. The van der Waals surface area contributed by atoms with Crippen molar-refractivity contribution in [2.45, 2.75) is 13.0 Å². The first-order valence-electron chi connectivity index (χ1n) is 6.36. The SMILES string of the molecule is COc1cccc(F)c1C(C)Nc1cccc(F)c1C#N. The lowest BCUT2D eigenvalue weighted by atomic mass is 10.0. The molecule has 2 aromatic carbocycles. The number of nitrogens with one attached hydrogen (secondary N) is 1. The maximum Gasteiger partial charge on any atom is 0.143 e. The maximum atomic E-state index is 14.0. The normalized spacial score (nSPS) is 11.6. The summed E-state index contributed by atoms with van der Waals surface area (Å²) in [5, 5.41) is 12.0. The van der Waals surface area contributed by atoms with Gasteiger partial charge in [-0.2, -0.15) is 5.26 Å². The van der Waals surface area contributed by atoms with Crippen molar-refractivity contribution in [2.75, 3.05) is 12.4 Å². The number of anilines is 1. The highest BCUT2D eigenvalue weighted by molar-refractivity contribution is 5.59. The fraction of sp³-hybridized carbons (Fsp3) is 0.188. The van der Waals surface area contributed by atoms with E-state index in [1.165, 1.54) is 25.3 Å². The Morgan fingerprint density at radius 3 is 2.48 bits per heavy atom. The lowest BCUT2D eigenvalue weighted by molar-refractivity contribution is 0.402. The second-order valence-corrected chi connectivity index (χ2v) is 4.50. The van der Waals surface area contributed by atoms with Crippen molar-refractivity contribution in [3.8, 4) is 11.8 Å². The van der Waals surface area contributed by atoms with E-state index in [9.17, 15) is 8.78 Å². The molecule has 1 atom stereocenters. The minimum atomic E-state index is -0.616. The molecule has 0 spiro atoms. The van der Waals surface area contributed by atoms with Gasteiger partial charge in [0.25, 0.3) is 0 Å². The molecule has 0 fully saturated rings. The van der Waals surface area contributed by atoms with Gasteiger partial charge in [-0.1, -0.05) is 12.1 Å². The molecule has 108 valence electrons. The summed E-state index contributed by atoms with van der Waals surface area (Å²) in [5.41, 5.74) is 0.545. The van der Waals surface area contributed by atoms with Crippen molar-refractivity contribution in [3.05, 3.63) is 59.2 Å². The van der Waals surface area contributed by atoms with Crippen LogP contribution < -0.4 is 10.1 Å². The van der Waals surface area contributed by atoms with E-state index in [0.717, 1.165) is 0 Å². The van der Waals surface area contributed by atoms with E-state index in [1.807, 2.05) is 0 Å². The minimum Gasteiger partial charge on any atom is -0.496 e. The third-order valence-corrected chi connectivity index (χ3v) is 3.16. The van der Waals surface area contributed by atoms with Gasteiger partial charge in [0, 0.05) is 0 Å². The van der Waals surface area contributed by atoms with Gasteiger partial charge in [0.05, 0.1) is 24.4 Å². The van der Waals surface area contributed by atoms with Crippen LogP contribution in [-0.4, -0.2) is 7.11 Å². The van der Waals surface area contributed by atoms with Crippen molar-refractivity contribution in [3.63, 3.8) is 0 Å². The molecule has 0 radical (unpaired) electrons. The number of ether oxygens (including phenoxy) is 1. The Balaban J connectivity index is 2.38. The van der Waals surface area contributed by atoms with Crippen molar-refractivity contribution in [2.24, 2.45) is 0 Å². The Labute approximate surface area is 121 Å². The van der Waals surface area contributed by atoms with Gasteiger partial charge in [0.15, 0.2) is 0 Å². The maximum absolute atomic E-state index is 14.0. The van der Waals surface area contributed by atoms with Crippen LogP contribution in [0.4, 0.5) is 14.5 Å². The fourth-order valence-electron chi connectivity index (χ4n) is 2.18. The first-order chi connectivity index (χ1) is 10.1. The smallest absolute Gasteiger partial charge is 0.143 e. The predicted octanol–water partition coefficient (Wildman–Crippen LogP) is 4.02. The van der Waals surface area contributed by atoms with Crippen LogP contribution in [-0.2, 0) is 0 Å². The highest BCUT2D eigenvalue weighted by Gasteiger charge is 2.18. The third kappa shape index (κ3) is 2.95. The summed E-state index contributed by atoms with van der Waals surface area (Å²) in [6.45, 7) is 1.72. The van der Waals surface area contributed by atoms with Crippen LogP contribution in [0.15, 0.2) is 36.4 Å². The quantitative estimate of drug-likeness (QED) is 0.924. The Morgan fingerprint density at radius 1 is 1.14 bits per heavy atom. The molecule has 1 unspecified atom stereocenters. The molecule has 1 N–H and O–H groups in total. The van der Waals surface area contributed by atoms with Crippen molar-refractivity contribution in [1.29, 1.82) is 5.26 Å². The number of methoxy groups -OCH3 is 1. The molecule has 5 heteroatoms. The Morgan fingerprint density at radius 2 is 1.81 bits per heavy atom. The van der Waals surface area contributed by atoms with E-state index in [-0.39, 0.29) is 5.56 Å². The zero-order chi connectivity index (χ0) is 15.4. The van der Waals surface area contributed by atoms with Crippen LogP contribution in [0.1, 0.15) is 24.1 Å². The van der Waals surface area contributed by atoms with E-state index < -0.39 is 17.7 Å². The van der Waals surface area contributed by atoms with Crippen molar-refractivity contribution in [1.82, 2.24) is 0 Å². The number of halogens is 2. The molecule has 0 aliphatic rings. The van der Waals surface area contributed by atoms with Crippen molar-refractivity contribution < 1.29 is 13.5 Å². The lowest BCUT2D eigenvalue weighted by Crippen LogP contribution is -2.11. The second kappa shape index (κ2) is 6.23. The van der Waals surface area contributed by atoms with Gasteiger partial charge in [0.1, 0.15) is 29.0 Å². The van der Waals surface area contributed by atoms with Gasteiger partial charge < -0.3 is 10.1 Å². The summed E-state index contributed by atoms with van der Waals surface area (Å²) in [7, 11) is 1.45. The van der Waals surface area contributed by atoms with Crippen LogP contribution >= 0.6 is 0 Å². The predicted molar refractivity (Wildman–Crippen MR) is 76.1 cm³/mol. The monoisotopic (exact) mass is 288 g/mol. The molecule has 0 aliphatic carbocycles. The van der Waals surface area contributed by atoms with E-state index >= 15 is 0 Å². The van der Waals surface area contributed by atoms with Gasteiger partial charge in [-0.25, -0.2) is 8.78 Å². The summed E-state index contributed by atoms with van der Waals surface area (Å²) >= 11 is 0. The van der Waals surface area contributed by atoms with Gasteiger partial charge in [-0.15, -0.1) is 0 Å². The standard InChI is InChI=1S/C16H14F2N2O/c1-10(16-13(18)6-4-8-15(16)21-2)20-14-7-3-5-12(17)11(14)9-19/h3-8,10,20H,1-2H3. The van der Waals surface area contributed by atoms with Gasteiger partial charge in [-0.05, 0) is 31.2 Å². The van der Waals surface area contributed by atoms with Crippen LogP contribution in [0.2, 0.25) is 0 Å². The van der Waals surface area contributed by atoms with E-state index in [1.54, 1.807) is 31.2 Å². The molecule has 3 nitrogen and oxygen atoms in total. The first kappa shape index (κ1) is 14.8. The lowest BCUT2D eigenvalue weighted by Gasteiger charge is -2.19. The minimum absolute atomic E-state index is 0.0975. The average Bonchev–Trinajstić information content (AvgIpc) is 2.47. The molecule has 0 heterocycles. The van der Waals surface area contributed by atoms with E-state index in [4.69, 9.17) is 10.00 Å². The number of nitriles is 1. The molecule has 0 bridgehead atoms. The summed E-state index contributed by atoms with van der Waals surface area (Å²) in [6, 6.07) is 10.1. The highest BCUT2D eigenvalue weighted by atomic mass is 19.1. The molecule has 0 amide bonds. The molecule has 0 aliphatic heterocycles. The van der Waals surface area contributed by atoms with Gasteiger partial charge in [0.2, 0.25) is 0 Å². The topological polar surface area (TPSA) is 45.0 Å². The number of nitrogens with zero attached hydrogens (tertiary/aromatic N) is 1. The highest BCUT2D eigenvalue weighted by Crippen LogP contribution is 2.31. The van der Waals surface area contributed by atoms with Crippen LogP contribution in [0.25, 0.3) is 0 Å². The summed E-state index contributed by atoms with van der Waals surface area (Å²) in [6.07, 6.45) is 0. The Bertz CT molecular complexity index is 695. The van der Waals surface area contributed by atoms with Crippen molar-refractivity contribution >= 4 is 5.69 Å². The van der Waals surface area contributed by atoms with E-state index in [0.29, 0.717) is 17.0 Å². The summed E-state index contributed by atoms with van der Waals surface area (Å²) < 4.78 is 32.7. The second-order valence-electron chi connectivity index (χ2n) is 4.50. The largest absolute Gasteiger partial charge is 0.496 e. The molecule has 2 rings (SSSR count). The van der Waals surface area contributed by atoms with Gasteiger partial charge >= 0.3 is 0 Å². The Kier molecular flexibility index (Phi) is 4.39. The number of hydrogen-bond acceptors (Lipinski definition) is 3. The molecular weight excluding hydrogens is 274 g/mol. The third-order valence-electron chi connectivity index (χ3n) is 3.16. The molecule has 2 aromatic rings. The zero-order valence-electron chi connectivity index (χ0n) is 11.7. The van der Waals surface area contributed by atoms with Crippen LogP contribution in [0.5, 0.6) is 5.75 Å². The summed E-state index contributed by atoms with van der Waals surface area (Å²) in [5.74, 6) is -0.649. The molecule has 0 saturated carbocycles. The number of hydrogen-bond donors (Lipinski definition) is 1. The molecule has 0 aromatic heterocycles.